The van der Waals surface area contributed by atoms with Crippen LogP contribution in [0.4, 0.5) is 0 Å². The van der Waals surface area contributed by atoms with E-state index in [1.807, 2.05) is 32.0 Å². The van der Waals surface area contributed by atoms with Crippen molar-refractivity contribution in [3.8, 4) is 0 Å². The van der Waals surface area contributed by atoms with Crippen molar-refractivity contribution in [1.29, 1.82) is 0 Å². The predicted octanol–water partition coefficient (Wildman–Crippen LogP) is 2.15. The minimum atomic E-state index is -3.17. The molecule has 0 aliphatic heterocycles. The van der Waals surface area contributed by atoms with Crippen LogP contribution >= 0.6 is 0 Å². The molecule has 0 aliphatic rings. The van der Waals surface area contributed by atoms with Gasteiger partial charge in [0.15, 0.2) is 9.84 Å². The summed E-state index contributed by atoms with van der Waals surface area (Å²) < 4.78 is 26.0. The van der Waals surface area contributed by atoms with Crippen LogP contribution < -0.4 is 0 Å². The molecule has 0 aliphatic carbocycles. The number of hydrogen-bond donors (Lipinski definition) is 0. The summed E-state index contributed by atoms with van der Waals surface area (Å²) in [7, 11) is -1.39. The summed E-state index contributed by atoms with van der Waals surface area (Å²) in [5.41, 5.74) is 3.70. The maximum absolute atomic E-state index is 12.2. The molecule has 0 N–H and O–H groups in total. The summed E-state index contributed by atoms with van der Waals surface area (Å²) in [4.78, 5) is 0. The van der Waals surface area contributed by atoms with Gasteiger partial charge >= 0.3 is 0 Å². The van der Waals surface area contributed by atoms with Gasteiger partial charge in [0.05, 0.1) is 17.7 Å². The molecule has 0 saturated carbocycles. The second-order valence-electron chi connectivity index (χ2n) is 4.98. The van der Waals surface area contributed by atoms with E-state index in [-0.39, 0.29) is 11.5 Å². The zero-order chi connectivity index (χ0) is 14.0. The average Bonchev–Trinajstić information content (AvgIpc) is 2.68. The third-order valence-corrected chi connectivity index (χ3v) is 4.55. The molecule has 0 fully saturated rings. The van der Waals surface area contributed by atoms with Gasteiger partial charge in [-0.1, -0.05) is 23.8 Å². The third kappa shape index (κ3) is 3.67. The Morgan fingerprint density at radius 1 is 1.21 bits per heavy atom. The molecule has 0 atom stereocenters. The van der Waals surface area contributed by atoms with Crippen molar-refractivity contribution in [2.45, 2.75) is 25.4 Å². The Bertz CT molecular complexity index is 687. The molecular weight excluding hydrogens is 260 g/mol. The first-order valence-electron chi connectivity index (χ1n) is 6.10. The maximum atomic E-state index is 12.2. The first-order valence-corrected chi connectivity index (χ1v) is 7.92. The molecule has 4 nitrogen and oxygen atoms in total. The van der Waals surface area contributed by atoms with Crippen molar-refractivity contribution in [3.63, 3.8) is 0 Å². The fourth-order valence-electron chi connectivity index (χ4n) is 2.04. The van der Waals surface area contributed by atoms with E-state index in [2.05, 4.69) is 5.10 Å². The van der Waals surface area contributed by atoms with Crippen LogP contribution in [0.3, 0.4) is 0 Å². The monoisotopic (exact) mass is 278 g/mol. The van der Waals surface area contributed by atoms with Gasteiger partial charge in [0, 0.05) is 18.8 Å². The van der Waals surface area contributed by atoms with Crippen molar-refractivity contribution in [1.82, 2.24) is 9.78 Å². The fourth-order valence-corrected chi connectivity index (χ4v) is 3.59. The summed E-state index contributed by atoms with van der Waals surface area (Å²) in [5.74, 6) is 0.115. The van der Waals surface area contributed by atoms with E-state index in [9.17, 15) is 8.42 Å². The SMILES string of the molecule is Cc1ccc(C)c(CS(=O)(=O)Cc2cnn(C)c2)c1. The Morgan fingerprint density at radius 3 is 2.58 bits per heavy atom. The highest BCUT2D eigenvalue weighted by Crippen LogP contribution is 2.16. The highest BCUT2D eigenvalue weighted by atomic mass is 32.2. The summed E-state index contributed by atoms with van der Waals surface area (Å²) in [6.45, 7) is 3.91. The normalized spacial score (nSPS) is 11.7. The Morgan fingerprint density at radius 2 is 1.95 bits per heavy atom. The summed E-state index contributed by atoms with van der Waals surface area (Å²) >= 11 is 0. The highest BCUT2D eigenvalue weighted by molar-refractivity contribution is 7.89. The molecular formula is C14H18N2O2S. The van der Waals surface area contributed by atoms with Gasteiger partial charge in [-0.15, -0.1) is 0 Å². The quantitative estimate of drug-likeness (QED) is 0.861. The molecule has 0 amide bonds. The molecule has 5 heteroatoms. The van der Waals surface area contributed by atoms with Crippen LogP contribution in [-0.4, -0.2) is 18.2 Å². The maximum Gasteiger partial charge on any atom is 0.158 e. The standard InChI is InChI=1S/C14H18N2O2S/c1-11-4-5-12(2)14(6-11)10-19(17,18)9-13-7-15-16(3)8-13/h4-8H,9-10H2,1-3H3. The molecule has 2 aromatic rings. The van der Waals surface area contributed by atoms with Gasteiger partial charge < -0.3 is 0 Å². The van der Waals surface area contributed by atoms with E-state index < -0.39 is 9.84 Å². The van der Waals surface area contributed by atoms with E-state index in [1.54, 1.807) is 24.1 Å². The van der Waals surface area contributed by atoms with Crippen LogP contribution in [0, 0.1) is 13.8 Å². The molecule has 1 aromatic heterocycles. The lowest BCUT2D eigenvalue weighted by atomic mass is 10.1. The Labute approximate surface area is 114 Å². The second kappa shape index (κ2) is 5.17. The molecule has 0 unspecified atom stereocenters. The average molecular weight is 278 g/mol. The zero-order valence-corrected chi connectivity index (χ0v) is 12.2. The molecule has 1 aromatic carbocycles. The number of aryl methyl sites for hydroxylation is 3. The van der Waals surface area contributed by atoms with E-state index >= 15 is 0 Å². The molecule has 0 bridgehead atoms. The van der Waals surface area contributed by atoms with Gasteiger partial charge in [0.2, 0.25) is 0 Å². The molecule has 1 heterocycles. The lowest BCUT2D eigenvalue weighted by Gasteiger charge is -2.07. The van der Waals surface area contributed by atoms with Crippen LogP contribution in [0.25, 0.3) is 0 Å². The molecule has 19 heavy (non-hydrogen) atoms. The van der Waals surface area contributed by atoms with Crippen molar-refractivity contribution < 1.29 is 8.42 Å². The van der Waals surface area contributed by atoms with Crippen LogP contribution in [0.5, 0.6) is 0 Å². The van der Waals surface area contributed by atoms with Gasteiger partial charge in [-0.2, -0.15) is 5.10 Å². The Kier molecular flexibility index (Phi) is 3.75. The minimum absolute atomic E-state index is 0.0359. The topological polar surface area (TPSA) is 52.0 Å². The smallest absolute Gasteiger partial charge is 0.158 e. The summed E-state index contributed by atoms with van der Waals surface area (Å²) in [6.07, 6.45) is 3.33. The van der Waals surface area contributed by atoms with Crippen molar-refractivity contribution in [2.24, 2.45) is 7.05 Å². The Balaban J connectivity index is 2.19. The summed E-state index contributed by atoms with van der Waals surface area (Å²) in [5, 5.41) is 3.99. The van der Waals surface area contributed by atoms with E-state index in [1.165, 1.54) is 0 Å². The summed E-state index contributed by atoms with van der Waals surface area (Å²) in [6, 6.07) is 5.90. The van der Waals surface area contributed by atoms with Crippen LogP contribution in [-0.2, 0) is 28.4 Å². The molecule has 0 saturated heterocycles. The first kappa shape index (κ1) is 13.8. The van der Waals surface area contributed by atoms with E-state index in [0.717, 1.165) is 22.3 Å². The van der Waals surface area contributed by atoms with Crippen LogP contribution in [0.15, 0.2) is 30.6 Å². The number of rotatable bonds is 4. The van der Waals surface area contributed by atoms with Gasteiger partial charge in [-0.05, 0) is 25.0 Å². The third-order valence-electron chi connectivity index (χ3n) is 3.02. The van der Waals surface area contributed by atoms with Crippen molar-refractivity contribution >= 4 is 9.84 Å². The number of aromatic nitrogens is 2. The van der Waals surface area contributed by atoms with Gasteiger partial charge in [-0.25, -0.2) is 8.42 Å². The fraction of sp³-hybridized carbons (Fsp3) is 0.357. The largest absolute Gasteiger partial charge is 0.276 e. The molecule has 0 spiro atoms. The number of nitrogens with zero attached hydrogens (tertiary/aromatic N) is 2. The first-order chi connectivity index (χ1) is 8.85. The second-order valence-corrected chi connectivity index (χ2v) is 7.05. The van der Waals surface area contributed by atoms with Gasteiger partial charge in [-0.3, -0.25) is 4.68 Å². The zero-order valence-electron chi connectivity index (χ0n) is 11.4. The van der Waals surface area contributed by atoms with Crippen LogP contribution in [0.2, 0.25) is 0 Å². The highest BCUT2D eigenvalue weighted by Gasteiger charge is 2.15. The number of hydrogen-bond acceptors (Lipinski definition) is 3. The minimum Gasteiger partial charge on any atom is -0.276 e. The predicted molar refractivity (Wildman–Crippen MR) is 75.5 cm³/mol. The molecule has 102 valence electrons. The molecule has 0 radical (unpaired) electrons. The lowest BCUT2D eigenvalue weighted by molar-refractivity contribution is 0.594. The Hall–Kier alpha value is -1.62. The van der Waals surface area contributed by atoms with E-state index in [0.29, 0.717) is 0 Å². The van der Waals surface area contributed by atoms with Crippen molar-refractivity contribution in [2.75, 3.05) is 0 Å². The van der Waals surface area contributed by atoms with Crippen LogP contribution in [0.1, 0.15) is 22.3 Å². The van der Waals surface area contributed by atoms with Gasteiger partial charge in [0.25, 0.3) is 0 Å². The van der Waals surface area contributed by atoms with Gasteiger partial charge in [0.1, 0.15) is 0 Å². The van der Waals surface area contributed by atoms with Crippen molar-refractivity contribution in [3.05, 3.63) is 52.8 Å². The van der Waals surface area contributed by atoms with E-state index in [4.69, 9.17) is 0 Å². The lowest BCUT2D eigenvalue weighted by Crippen LogP contribution is -2.08. The molecule has 2 rings (SSSR count). The number of sulfone groups is 1. The number of benzene rings is 1.